The quantitative estimate of drug-likeness (QED) is 0.855. The minimum Gasteiger partial charge on any atom is -0.292 e. The van der Waals surface area contributed by atoms with E-state index in [9.17, 15) is 0 Å². The van der Waals surface area contributed by atoms with Gasteiger partial charge in [0.1, 0.15) is 6.10 Å². The topological polar surface area (TPSA) is 35.2 Å². The SMILES string of the molecule is NOC(c1ccccc1)c1ccc(Cl)cc1Cl. The van der Waals surface area contributed by atoms with Crippen molar-refractivity contribution < 1.29 is 4.84 Å². The van der Waals surface area contributed by atoms with Crippen molar-refractivity contribution in [1.82, 2.24) is 0 Å². The summed E-state index contributed by atoms with van der Waals surface area (Å²) in [4.78, 5) is 5.02. The van der Waals surface area contributed by atoms with E-state index in [1.807, 2.05) is 36.4 Å². The molecule has 2 N–H and O–H groups in total. The predicted molar refractivity (Wildman–Crippen MR) is 70.0 cm³/mol. The summed E-state index contributed by atoms with van der Waals surface area (Å²) in [6.07, 6.45) is -0.388. The summed E-state index contributed by atoms with van der Waals surface area (Å²) in [5, 5.41) is 1.12. The highest BCUT2D eigenvalue weighted by Gasteiger charge is 2.16. The van der Waals surface area contributed by atoms with Crippen molar-refractivity contribution in [1.29, 1.82) is 0 Å². The number of benzene rings is 2. The van der Waals surface area contributed by atoms with Gasteiger partial charge in [0.2, 0.25) is 0 Å². The molecule has 2 aromatic carbocycles. The molecule has 1 atom stereocenters. The van der Waals surface area contributed by atoms with E-state index in [1.165, 1.54) is 0 Å². The third-order valence-electron chi connectivity index (χ3n) is 2.48. The fourth-order valence-corrected chi connectivity index (χ4v) is 2.18. The lowest BCUT2D eigenvalue weighted by Crippen LogP contribution is -2.11. The summed E-state index contributed by atoms with van der Waals surface area (Å²) in [6, 6.07) is 14.9. The Morgan fingerprint density at radius 2 is 1.71 bits per heavy atom. The van der Waals surface area contributed by atoms with Gasteiger partial charge in [0.15, 0.2) is 0 Å². The van der Waals surface area contributed by atoms with Gasteiger partial charge in [-0.3, -0.25) is 4.84 Å². The molecule has 0 saturated heterocycles. The van der Waals surface area contributed by atoms with Crippen LogP contribution in [0.1, 0.15) is 17.2 Å². The van der Waals surface area contributed by atoms with Crippen LogP contribution in [0.15, 0.2) is 48.5 Å². The Morgan fingerprint density at radius 3 is 2.29 bits per heavy atom. The molecular weight excluding hydrogens is 257 g/mol. The van der Waals surface area contributed by atoms with Crippen LogP contribution in [-0.4, -0.2) is 0 Å². The molecule has 0 bridgehead atoms. The van der Waals surface area contributed by atoms with E-state index in [0.29, 0.717) is 10.0 Å². The van der Waals surface area contributed by atoms with Gasteiger partial charge < -0.3 is 0 Å². The van der Waals surface area contributed by atoms with Gasteiger partial charge in [-0.15, -0.1) is 0 Å². The largest absolute Gasteiger partial charge is 0.292 e. The molecule has 0 saturated carbocycles. The van der Waals surface area contributed by atoms with Gasteiger partial charge >= 0.3 is 0 Å². The molecule has 0 radical (unpaired) electrons. The van der Waals surface area contributed by atoms with E-state index in [2.05, 4.69) is 0 Å². The molecule has 2 nitrogen and oxygen atoms in total. The van der Waals surface area contributed by atoms with Crippen molar-refractivity contribution in [3.8, 4) is 0 Å². The third-order valence-corrected chi connectivity index (χ3v) is 3.05. The van der Waals surface area contributed by atoms with Gasteiger partial charge in [-0.25, -0.2) is 5.90 Å². The number of nitrogens with two attached hydrogens (primary N) is 1. The van der Waals surface area contributed by atoms with E-state index in [0.717, 1.165) is 11.1 Å². The second-order valence-corrected chi connectivity index (χ2v) is 4.44. The third kappa shape index (κ3) is 2.79. The highest BCUT2D eigenvalue weighted by Crippen LogP contribution is 2.31. The molecule has 4 heteroatoms. The number of hydrogen-bond donors (Lipinski definition) is 1. The first kappa shape index (κ1) is 12.4. The second-order valence-electron chi connectivity index (χ2n) is 3.59. The first-order valence-electron chi connectivity index (χ1n) is 5.08. The van der Waals surface area contributed by atoms with Gasteiger partial charge in [0.05, 0.1) is 0 Å². The van der Waals surface area contributed by atoms with Crippen molar-refractivity contribution in [3.63, 3.8) is 0 Å². The van der Waals surface area contributed by atoms with Crippen molar-refractivity contribution in [3.05, 3.63) is 69.7 Å². The van der Waals surface area contributed by atoms with Crippen LogP contribution in [0.3, 0.4) is 0 Å². The minimum absolute atomic E-state index is 0.388. The molecular formula is C13H11Cl2NO. The number of halogens is 2. The van der Waals surface area contributed by atoms with Crippen LogP contribution in [0.5, 0.6) is 0 Å². The van der Waals surface area contributed by atoms with Crippen molar-refractivity contribution in [2.24, 2.45) is 5.90 Å². The molecule has 0 aliphatic carbocycles. The maximum absolute atomic E-state index is 6.13. The molecule has 2 rings (SSSR count). The lowest BCUT2D eigenvalue weighted by atomic mass is 10.0. The van der Waals surface area contributed by atoms with Crippen LogP contribution < -0.4 is 5.90 Å². The highest BCUT2D eigenvalue weighted by molar-refractivity contribution is 6.35. The molecule has 88 valence electrons. The Balaban J connectivity index is 2.42. The molecule has 2 aromatic rings. The summed E-state index contributed by atoms with van der Waals surface area (Å²) in [5.74, 6) is 5.35. The first-order valence-corrected chi connectivity index (χ1v) is 5.83. The van der Waals surface area contributed by atoms with Crippen molar-refractivity contribution >= 4 is 23.2 Å². The second kappa shape index (κ2) is 5.52. The Hall–Kier alpha value is -1.06. The summed E-state index contributed by atoms with van der Waals surface area (Å²) < 4.78 is 0. The zero-order chi connectivity index (χ0) is 12.3. The maximum atomic E-state index is 6.13. The van der Waals surface area contributed by atoms with Gasteiger partial charge in [0.25, 0.3) is 0 Å². The van der Waals surface area contributed by atoms with Crippen LogP contribution >= 0.6 is 23.2 Å². The standard InChI is InChI=1S/C13H11Cl2NO/c14-10-6-7-11(12(15)8-10)13(17-16)9-4-2-1-3-5-9/h1-8,13H,16H2. The number of hydrogen-bond acceptors (Lipinski definition) is 2. The van der Waals surface area contributed by atoms with Crippen molar-refractivity contribution in [2.45, 2.75) is 6.10 Å². The van der Waals surface area contributed by atoms with Crippen LogP contribution in [0, 0.1) is 0 Å². The monoisotopic (exact) mass is 267 g/mol. The Morgan fingerprint density at radius 1 is 1.00 bits per heavy atom. The van der Waals surface area contributed by atoms with Crippen molar-refractivity contribution in [2.75, 3.05) is 0 Å². The number of rotatable bonds is 3. The maximum Gasteiger partial charge on any atom is 0.130 e. The molecule has 0 aliphatic heterocycles. The lowest BCUT2D eigenvalue weighted by Gasteiger charge is -2.16. The molecule has 0 amide bonds. The zero-order valence-corrected chi connectivity index (χ0v) is 10.4. The zero-order valence-electron chi connectivity index (χ0n) is 8.94. The molecule has 0 fully saturated rings. The summed E-state index contributed by atoms with van der Waals surface area (Å²) in [7, 11) is 0. The van der Waals surface area contributed by atoms with Crippen LogP contribution in [0.4, 0.5) is 0 Å². The van der Waals surface area contributed by atoms with E-state index in [4.69, 9.17) is 33.9 Å². The first-order chi connectivity index (χ1) is 8.22. The van der Waals surface area contributed by atoms with E-state index in [1.54, 1.807) is 12.1 Å². The van der Waals surface area contributed by atoms with Gasteiger partial charge in [0, 0.05) is 15.6 Å². The average Bonchev–Trinajstić information content (AvgIpc) is 2.34. The molecule has 17 heavy (non-hydrogen) atoms. The fourth-order valence-electron chi connectivity index (χ4n) is 1.67. The lowest BCUT2D eigenvalue weighted by molar-refractivity contribution is 0.0814. The van der Waals surface area contributed by atoms with Crippen LogP contribution in [0.2, 0.25) is 10.0 Å². The van der Waals surface area contributed by atoms with Gasteiger partial charge in [-0.2, -0.15) is 0 Å². The predicted octanol–water partition coefficient (Wildman–Crippen LogP) is 3.97. The summed E-state index contributed by atoms with van der Waals surface area (Å²) in [5.41, 5.74) is 1.74. The van der Waals surface area contributed by atoms with E-state index >= 15 is 0 Å². The average molecular weight is 268 g/mol. The molecule has 1 unspecified atom stereocenters. The van der Waals surface area contributed by atoms with Crippen LogP contribution in [0.25, 0.3) is 0 Å². The Labute approximate surface area is 110 Å². The van der Waals surface area contributed by atoms with Gasteiger partial charge in [-0.05, 0) is 17.7 Å². The van der Waals surface area contributed by atoms with Crippen LogP contribution in [-0.2, 0) is 4.84 Å². The molecule has 0 aromatic heterocycles. The Kier molecular flexibility index (Phi) is 4.02. The summed E-state index contributed by atoms with van der Waals surface area (Å²) in [6.45, 7) is 0. The van der Waals surface area contributed by atoms with E-state index < -0.39 is 0 Å². The Bertz CT molecular complexity index is 502. The molecule has 0 spiro atoms. The smallest absolute Gasteiger partial charge is 0.130 e. The normalized spacial score (nSPS) is 12.4. The highest BCUT2D eigenvalue weighted by atomic mass is 35.5. The fraction of sp³-hybridized carbons (Fsp3) is 0.0769. The van der Waals surface area contributed by atoms with E-state index in [-0.39, 0.29) is 6.10 Å². The minimum atomic E-state index is -0.388. The van der Waals surface area contributed by atoms with Gasteiger partial charge in [-0.1, -0.05) is 59.6 Å². The summed E-state index contributed by atoms with van der Waals surface area (Å²) >= 11 is 12.0. The molecule has 0 aliphatic rings. The molecule has 0 heterocycles.